The van der Waals surface area contributed by atoms with Gasteiger partial charge in [0.05, 0.1) is 0 Å². The zero-order chi connectivity index (χ0) is 10.4. The van der Waals surface area contributed by atoms with Gasteiger partial charge in [0.2, 0.25) is 0 Å². The molecular weight excluding hydrogens is 176 g/mol. The Morgan fingerprint density at radius 1 is 1.36 bits per heavy atom. The lowest BCUT2D eigenvalue weighted by atomic mass is 10.3. The highest BCUT2D eigenvalue weighted by Gasteiger charge is 1.98. The van der Waals surface area contributed by atoms with Gasteiger partial charge in [-0.25, -0.2) is 9.79 Å². The molecule has 0 radical (unpaired) electrons. The van der Waals surface area contributed by atoms with Crippen LogP contribution in [0.5, 0.6) is 0 Å². The zero-order valence-electron chi connectivity index (χ0n) is 8.45. The van der Waals surface area contributed by atoms with Crippen molar-refractivity contribution in [2.24, 2.45) is 4.99 Å². The quantitative estimate of drug-likeness (QED) is 0.715. The summed E-state index contributed by atoms with van der Waals surface area (Å²) >= 11 is 0. The first-order valence-electron chi connectivity index (χ1n) is 4.62. The molecule has 0 aliphatic carbocycles. The van der Waals surface area contributed by atoms with E-state index in [-0.39, 0.29) is 6.03 Å². The number of rotatable bonds is 2. The van der Waals surface area contributed by atoms with E-state index >= 15 is 0 Å². The molecule has 14 heavy (non-hydrogen) atoms. The van der Waals surface area contributed by atoms with Crippen LogP contribution < -0.4 is 5.32 Å². The molecule has 3 heteroatoms. The molecule has 1 aromatic rings. The molecule has 0 bridgehead atoms. The maximum atomic E-state index is 11.3. The second-order valence-corrected chi connectivity index (χ2v) is 3.00. The standard InChI is InChI=1S/C11H14N2O/c1-3-9(2)12-11(14)13-10-7-5-4-6-8-10/h4-8H,3H2,1-2H3,(H,13,14)/b12-9+. The number of carbonyl (C=O) groups excluding carboxylic acids is 1. The molecule has 1 rings (SSSR count). The Morgan fingerprint density at radius 2 is 2.00 bits per heavy atom. The molecule has 0 unspecified atom stereocenters. The molecule has 0 saturated carbocycles. The van der Waals surface area contributed by atoms with Gasteiger partial charge in [-0.2, -0.15) is 0 Å². The van der Waals surface area contributed by atoms with Gasteiger partial charge in [-0.3, -0.25) is 0 Å². The second kappa shape index (κ2) is 5.17. The van der Waals surface area contributed by atoms with E-state index < -0.39 is 0 Å². The maximum absolute atomic E-state index is 11.3. The molecule has 0 aliphatic rings. The van der Waals surface area contributed by atoms with Crippen LogP contribution in [0.3, 0.4) is 0 Å². The van der Waals surface area contributed by atoms with Crippen molar-refractivity contribution < 1.29 is 4.79 Å². The minimum atomic E-state index is -0.310. The molecule has 0 aliphatic heterocycles. The third-order valence-electron chi connectivity index (χ3n) is 1.83. The monoisotopic (exact) mass is 190 g/mol. The molecule has 74 valence electrons. The molecule has 1 aromatic carbocycles. The summed E-state index contributed by atoms with van der Waals surface area (Å²) in [5.74, 6) is 0. The summed E-state index contributed by atoms with van der Waals surface area (Å²) < 4.78 is 0. The van der Waals surface area contributed by atoms with Crippen LogP contribution >= 0.6 is 0 Å². The van der Waals surface area contributed by atoms with E-state index in [9.17, 15) is 4.79 Å². The fraction of sp³-hybridized carbons (Fsp3) is 0.273. The van der Waals surface area contributed by atoms with Crippen molar-refractivity contribution >= 4 is 17.4 Å². The van der Waals surface area contributed by atoms with E-state index in [2.05, 4.69) is 10.3 Å². The molecule has 0 saturated heterocycles. The molecule has 1 N–H and O–H groups in total. The molecule has 0 heterocycles. The average molecular weight is 190 g/mol. The van der Waals surface area contributed by atoms with Crippen LogP contribution in [0.4, 0.5) is 10.5 Å². The summed E-state index contributed by atoms with van der Waals surface area (Å²) in [4.78, 5) is 15.1. The van der Waals surface area contributed by atoms with Crippen LogP contribution in [0, 0.1) is 0 Å². The largest absolute Gasteiger partial charge is 0.345 e. The van der Waals surface area contributed by atoms with Crippen molar-refractivity contribution in [2.75, 3.05) is 5.32 Å². The third-order valence-corrected chi connectivity index (χ3v) is 1.83. The lowest BCUT2D eigenvalue weighted by molar-refractivity contribution is 0.259. The normalized spacial score (nSPS) is 11.1. The summed E-state index contributed by atoms with van der Waals surface area (Å²) in [6, 6.07) is 8.98. The average Bonchev–Trinajstić information content (AvgIpc) is 2.19. The molecule has 0 fully saturated rings. The maximum Gasteiger partial charge on any atom is 0.345 e. The van der Waals surface area contributed by atoms with Gasteiger partial charge in [0.25, 0.3) is 0 Å². The van der Waals surface area contributed by atoms with Gasteiger partial charge < -0.3 is 5.32 Å². The fourth-order valence-electron chi connectivity index (χ4n) is 0.925. The highest BCUT2D eigenvalue weighted by Crippen LogP contribution is 2.05. The van der Waals surface area contributed by atoms with Crippen LogP contribution in [-0.4, -0.2) is 11.7 Å². The summed E-state index contributed by atoms with van der Waals surface area (Å²) in [7, 11) is 0. The van der Waals surface area contributed by atoms with Gasteiger partial charge in [-0.15, -0.1) is 0 Å². The topological polar surface area (TPSA) is 41.5 Å². The number of hydrogen-bond donors (Lipinski definition) is 1. The number of nitrogens with one attached hydrogen (secondary N) is 1. The van der Waals surface area contributed by atoms with Crippen molar-refractivity contribution in [2.45, 2.75) is 20.3 Å². The van der Waals surface area contributed by atoms with Crippen molar-refractivity contribution in [3.05, 3.63) is 30.3 Å². The highest BCUT2D eigenvalue weighted by molar-refractivity contribution is 5.99. The number of amides is 2. The lowest BCUT2D eigenvalue weighted by Gasteiger charge is -2.00. The van der Waals surface area contributed by atoms with Gasteiger partial charge in [0.1, 0.15) is 0 Å². The van der Waals surface area contributed by atoms with E-state index in [1.54, 1.807) is 0 Å². The first-order valence-corrected chi connectivity index (χ1v) is 4.62. The smallest absolute Gasteiger partial charge is 0.306 e. The fourth-order valence-corrected chi connectivity index (χ4v) is 0.925. The SMILES string of the molecule is CC/C(C)=N/C(=O)Nc1ccccc1. The van der Waals surface area contributed by atoms with Gasteiger partial charge in [0, 0.05) is 11.4 Å². The Labute approximate surface area is 83.9 Å². The third kappa shape index (κ3) is 3.39. The molecule has 0 spiro atoms. The minimum Gasteiger partial charge on any atom is -0.306 e. The van der Waals surface area contributed by atoms with Crippen molar-refractivity contribution in [1.82, 2.24) is 0 Å². The van der Waals surface area contributed by atoms with E-state index in [4.69, 9.17) is 0 Å². The number of para-hydroxylation sites is 1. The predicted molar refractivity (Wildman–Crippen MR) is 58.9 cm³/mol. The molecule has 0 atom stereocenters. The van der Waals surface area contributed by atoms with Crippen LogP contribution in [0.1, 0.15) is 20.3 Å². The Bertz CT molecular complexity index is 330. The van der Waals surface area contributed by atoms with Crippen molar-refractivity contribution in [3.63, 3.8) is 0 Å². The number of anilines is 1. The first-order chi connectivity index (χ1) is 6.72. The van der Waals surface area contributed by atoms with Crippen molar-refractivity contribution in [3.8, 4) is 0 Å². The summed E-state index contributed by atoms with van der Waals surface area (Å²) in [5, 5.41) is 2.68. The van der Waals surface area contributed by atoms with E-state index in [0.717, 1.165) is 17.8 Å². The number of urea groups is 1. The van der Waals surface area contributed by atoms with Crippen molar-refractivity contribution in [1.29, 1.82) is 0 Å². The Morgan fingerprint density at radius 3 is 2.57 bits per heavy atom. The van der Waals surface area contributed by atoms with Crippen LogP contribution in [-0.2, 0) is 0 Å². The van der Waals surface area contributed by atoms with E-state index in [1.807, 2.05) is 44.2 Å². The second-order valence-electron chi connectivity index (χ2n) is 3.00. The predicted octanol–water partition coefficient (Wildman–Crippen LogP) is 3.09. The highest BCUT2D eigenvalue weighted by atomic mass is 16.2. The number of nitrogens with zero attached hydrogens (tertiary/aromatic N) is 1. The first kappa shape index (κ1) is 10.4. The van der Waals surface area contributed by atoms with Gasteiger partial charge >= 0.3 is 6.03 Å². The number of benzene rings is 1. The molecule has 0 aromatic heterocycles. The minimum absolute atomic E-state index is 0.310. The number of hydrogen-bond acceptors (Lipinski definition) is 1. The van der Waals surface area contributed by atoms with Crippen LogP contribution in [0.25, 0.3) is 0 Å². The summed E-state index contributed by atoms with van der Waals surface area (Å²) in [5.41, 5.74) is 1.60. The van der Waals surface area contributed by atoms with E-state index in [1.165, 1.54) is 0 Å². The van der Waals surface area contributed by atoms with Gasteiger partial charge in [-0.05, 0) is 25.5 Å². The van der Waals surface area contributed by atoms with Gasteiger partial charge in [0.15, 0.2) is 0 Å². The molecular formula is C11H14N2O. The summed E-state index contributed by atoms with van der Waals surface area (Å²) in [6.45, 7) is 3.80. The molecule has 2 amide bonds. The Balaban J connectivity index is 2.58. The number of aliphatic imine (C=N–C) groups is 1. The van der Waals surface area contributed by atoms with Crippen LogP contribution in [0.2, 0.25) is 0 Å². The van der Waals surface area contributed by atoms with Gasteiger partial charge in [-0.1, -0.05) is 25.1 Å². The Hall–Kier alpha value is -1.64. The van der Waals surface area contributed by atoms with E-state index in [0.29, 0.717) is 0 Å². The zero-order valence-corrected chi connectivity index (χ0v) is 8.45. The lowest BCUT2D eigenvalue weighted by Crippen LogP contribution is -2.08. The Kier molecular flexibility index (Phi) is 3.85. The summed E-state index contributed by atoms with van der Waals surface area (Å²) in [6.07, 6.45) is 0.794. The molecule has 3 nitrogen and oxygen atoms in total. The number of carbonyl (C=O) groups is 1. The van der Waals surface area contributed by atoms with Crippen LogP contribution in [0.15, 0.2) is 35.3 Å².